The monoisotopic (exact) mass is 575 g/mol. The molecule has 9 heteroatoms. The number of carbonyl (C=O) groups is 1. The molecule has 0 bridgehead atoms. The summed E-state index contributed by atoms with van der Waals surface area (Å²) in [6, 6.07) is 14.9. The Bertz CT molecular complexity index is 1140. The van der Waals surface area contributed by atoms with Crippen LogP contribution in [0.1, 0.15) is 42.9 Å². The first kappa shape index (κ1) is 29.0. The topological polar surface area (TPSA) is 63.2 Å². The number of hydrogen-bond acceptors (Lipinski definition) is 7. The number of ether oxygens (including phenoxy) is 2. The first-order valence-electron chi connectivity index (χ1n) is 13.1. The largest absolute Gasteiger partial charge is 0.462 e. The molecule has 2 aromatic rings. The van der Waals surface area contributed by atoms with Crippen molar-refractivity contribution in [2.45, 2.75) is 38.1 Å². The van der Waals surface area contributed by atoms with Crippen molar-refractivity contribution in [3.05, 3.63) is 81.0 Å². The van der Waals surface area contributed by atoms with Gasteiger partial charge in [0.1, 0.15) is 6.04 Å². The summed E-state index contributed by atoms with van der Waals surface area (Å²) in [7, 11) is 0. The van der Waals surface area contributed by atoms with Crippen LogP contribution in [0, 0.1) is 0 Å². The van der Waals surface area contributed by atoms with Crippen molar-refractivity contribution in [3.8, 4) is 0 Å². The molecular formula is C29H35Cl2N3O3S. The molecule has 0 aliphatic carbocycles. The molecule has 4 rings (SSSR count). The molecule has 2 heterocycles. The number of carbonyl (C=O) groups excluding carboxylic acids is 1. The van der Waals surface area contributed by atoms with Gasteiger partial charge in [0.05, 0.1) is 41.1 Å². The van der Waals surface area contributed by atoms with E-state index >= 15 is 0 Å². The second kappa shape index (κ2) is 14.9. The zero-order valence-corrected chi connectivity index (χ0v) is 24.1. The van der Waals surface area contributed by atoms with Crippen LogP contribution in [0.2, 0.25) is 10.0 Å². The summed E-state index contributed by atoms with van der Waals surface area (Å²) in [6.45, 7) is 4.29. The van der Waals surface area contributed by atoms with Gasteiger partial charge in [-0.1, -0.05) is 77.8 Å². The van der Waals surface area contributed by atoms with Crippen LogP contribution in [0.5, 0.6) is 0 Å². The Labute approximate surface area is 239 Å². The molecule has 2 aliphatic heterocycles. The van der Waals surface area contributed by atoms with Crippen molar-refractivity contribution in [1.82, 2.24) is 10.2 Å². The molecule has 1 fully saturated rings. The van der Waals surface area contributed by atoms with Crippen LogP contribution in [-0.4, -0.2) is 61.7 Å². The van der Waals surface area contributed by atoms with Crippen LogP contribution < -0.4 is 5.32 Å². The lowest BCUT2D eigenvalue weighted by Crippen LogP contribution is -2.35. The van der Waals surface area contributed by atoms with Crippen LogP contribution in [-0.2, 0) is 20.7 Å². The molecule has 0 saturated carbocycles. The van der Waals surface area contributed by atoms with Crippen molar-refractivity contribution in [2.75, 3.05) is 45.7 Å². The van der Waals surface area contributed by atoms with Crippen molar-refractivity contribution >= 4 is 46.1 Å². The van der Waals surface area contributed by atoms with Gasteiger partial charge in [-0.2, -0.15) is 0 Å². The highest BCUT2D eigenvalue weighted by atomic mass is 35.5. The summed E-state index contributed by atoms with van der Waals surface area (Å²) in [5.41, 5.74) is 3.10. The van der Waals surface area contributed by atoms with E-state index in [1.807, 2.05) is 30.5 Å². The third kappa shape index (κ3) is 8.23. The number of hydrogen-bond donors (Lipinski definition) is 1. The minimum Gasteiger partial charge on any atom is -0.462 e. The molecule has 0 amide bonds. The zero-order valence-electron chi connectivity index (χ0n) is 21.8. The van der Waals surface area contributed by atoms with E-state index in [1.54, 1.807) is 12.1 Å². The smallest absolute Gasteiger partial charge is 0.338 e. The molecule has 204 valence electrons. The van der Waals surface area contributed by atoms with Crippen LogP contribution in [0.4, 0.5) is 0 Å². The number of piperidine rings is 1. The molecule has 0 radical (unpaired) electrons. The van der Waals surface area contributed by atoms with E-state index in [4.69, 9.17) is 37.7 Å². The number of likely N-dealkylation sites (tertiary alicyclic amines) is 1. The maximum absolute atomic E-state index is 13.5. The molecule has 2 aromatic carbocycles. The molecule has 1 saturated heterocycles. The summed E-state index contributed by atoms with van der Waals surface area (Å²) in [5, 5.41) is 4.88. The second-order valence-electron chi connectivity index (χ2n) is 9.41. The predicted octanol–water partition coefficient (Wildman–Crippen LogP) is 6.29. The molecule has 0 spiro atoms. The highest BCUT2D eigenvalue weighted by Gasteiger charge is 2.32. The lowest BCUT2D eigenvalue weighted by atomic mass is 9.96. The second-order valence-corrected chi connectivity index (χ2v) is 11.0. The summed E-state index contributed by atoms with van der Waals surface area (Å²) >= 11 is 14.0. The van der Waals surface area contributed by atoms with E-state index < -0.39 is 12.0 Å². The molecule has 6 nitrogen and oxygen atoms in total. The van der Waals surface area contributed by atoms with E-state index in [9.17, 15) is 4.79 Å². The zero-order chi connectivity index (χ0) is 26.7. The van der Waals surface area contributed by atoms with Crippen molar-refractivity contribution < 1.29 is 14.3 Å². The number of benzene rings is 2. The number of nitrogens with zero attached hydrogens (tertiary/aromatic N) is 2. The van der Waals surface area contributed by atoms with Gasteiger partial charge in [0.25, 0.3) is 0 Å². The van der Waals surface area contributed by atoms with Gasteiger partial charge >= 0.3 is 5.97 Å². The molecule has 0 aromatic heterocycles. The number of nitrogens with one attached hydrogen (secondary N) is 1. The van der Waals surface area contributed by atoms with Crippen molar-refractivity contribution in [2.24, 2.45) is 4.99 Å². The Morgan fingerprint density at radius 3 is 2.61 bits per heavy atom. The number of aryl methyl sites for hydroxylation is 1. The lowest BCUT2D eigenvalue weighted by molar-refractivity contribution is -0.139. The third-order valence-corrected chi connectivity index (χ3v) is 8.04. The average Bonchev–Trinajstić information content (AvgIpc) is 2.95. The first-order valence-corrected chi connectivity index (χ1v) is 15.1. The van der Waals surface area contributed by atoms with E-state index in [-0.39, 0.29) is 6.61 Å². The first-order chi connectivity index (χ1) is 18.5. The maximum atomic E-state index is 13.5. The molecule has 1 unspecified atom stereocenters. The van der Waals surface area contributed by atoms with E-state index in [0.717, 1.165) is 38.0 Å². The third-order valence-electron chi connectivity index (χ3n) is 6.71. The lowest BCUT2D eigenvalue weighted by Gasteiger charge is -2.28. The standard InChI is InChI=1S/C29H35Cl2N3O3S/c1-38-29-32-25(20-36-18-16-34-14-6-3-7-15-34)26(27(33-29)22-12-13-23(30)24(31)19-22)28(35)37-17-8-11-21-9-4-2-5-10-21/h2,4-5,9-10,12-13,19,27H,3,6-8,11,14-18,20H2,1H3,(H,32,33). The fraction of sp³-hybridized carbons (Fsp3) is 0.448. The van der Waals surface area contributed by atoms with Gasteiger partial charge in [0.15, 0.2) is 5.17 Å². The fourth-order valence-electron chi connectivity index (χ4n) is 4.67. The summed E-state index contributed by atoms with van der Waals surface area (Å²) in [6.07, 6.45) is 7.30. The summed E-state index contributed by atoms with van der Waals surface area (Å²) < 4.78 is 11.9. The molecule has 38 heavy (non-hydrogen) atoms. The Hall–Kier alpha value is -2.03. The highest BCUT2D eigenvalue weighted by Crippen LogP contribution is 2.35. The SMILES string of the molecule is CSC1=NC(c2ccc(Cl)c(Cl)c2)C(C(=O)OCCCc2ccccc2)=C(COCCN2CCCCC2)N1. The number of amidine groups is 1. The number of rotatable bonds is 11. The number of halogens is 2. The predicted molar refractivity (Wildman–Crippen MR) is 157 cm³/mol. The van der Waals surface area contributed by atoms with Crippen molar-refractivity contribution in [1.29, 1.82) is 0 Å². The maximum Gasteiger partial charge on any atom is 0.338 e. The number of thioether (sulfide) groups is 1. The van der Waals surface area contributed by atoms with Crippen LogP contribution in [0.3, 0.4) is 0 Å². The Morgan fingerprint density at radius 2 is 1.87 bits per heavy atom. The fourth-order valence-corrected chi connectivity index (χ4v) is 5.41. The Morgan fingerprint density at radius 1 is 1.08 bits per heavy atom. The van der Waals surface area contributed by atoms with E-state index in [2.05, 4.69) is 22.3 Å². The normalized spacial score (nSPS) is 18.2. The van der Waals surface area contributed by atoms with Crippen LogP contribution in [0.25, 0.3) is 0 Å². The number of aliphatic imine (C=N–C) groups is 1. The van der Waals surface area contributed by atoms with Gasteiger partial charge in [-0.3, -0.25) is 0 Å². The van der Waals surface area contributed by atoms with Gasteiger partial charge in [0, 0.05) is 6.54 Å². The minimum atomic E-state index is -0.573. The van der Waals surface area contributed by atoms with Gasteiger partial charge in [-0.25, -0.2) is 9.79 Å². The van der Waals surface area contributed by atoms with Gasteiger partial charge in [0.2, 0.25) is 0 Å². The molecule has 2 aliphatic rings. The summed E-state index contributed by atoms with van der Waals surface area (Å²) in [5.74, 6) is -0.403. The van der Waals surface area contributed by atoms with Crippen LogP contribution in [0.15, 0.2) is 64.8 Å². The average molecular weight is 577 g/mol. The van der Waals surface area contributed by atoms with E-state index in [1.165, 1.54) is 36.6 Å². The molecule has 1 N–H and O–H groups in total. The minimum absolute atomic E-state index is 0.264. The van der Waals surface area contributed by atoms with Crippen LogP contribution >= 0.6 is 35.0 Å². The number of esters is 1. The van der Waals surface area contributed by atoms with Gasteiger partial charge in [-0.05, 0) is 68.3 Å². The van der Waals surface area contributed by atoms with E-state index in [0.29, 0.717) is 39.7 Å². The molecular weight excluding hydrogens is 541 g/mol. The highest BCUT2D eigenvalue weighted by molar-refractivity contribution is 8.13. The van der Waals surface area contributed by atoms with Gasteiger partial charge in [-0.15, -0.1) is 0 Å². The van der Waals surface area contributed by atoms with Crippen molar-refractivity contribution in [3.63, 3.8) is 0 Å². The quantitative estimate of drug-likeness (QED) is 0.251. The summed E-state index contributed by atoms with van der Waals surface area (Å²) in [4.78, 5) is 20.8. The van der Waals surface area contributed by atoms with Gasteiger partial charge < -0.3 is 19.7 Å². The Balaban J connectivity index is 1.49. The molecule has 1 atom stereocenters. The Kier molecular flexibility index (Phi) is 11.4.